The van der Waals surface area contributed by atoms with Gasteiger partial charge in [0.2, 0.25) is 0 Å². The van der Waals surface area contributed by atoms with Gasteiger partial charge < -0.3 is 11.5 Å². The summed E-state index contributed by atoms with van der Waals surface area (Å²) in [6.07, 6.45) is 6.57. The molecule has 2 nitrogen and oxygen atoms in total. The maximum atomic E-state index is 6.26. The van der Waals surface area contributed by atoms with Crippen LogP contribution >= 0.6 is 0 Å². The number of hydrogen-bond acceptors (Lipinski definition) is 2. The van der Waals surface area contributed by atoms with Crippen LogP contribution in [0.3, 0.4) is 0 Å². The van der Waals surface area contributed by atoms with E-state index in [2.05, 4.69) is 0 Å². The van der Waals surface area contributed by atoms with E-state index in [1.165, 1.54) is 0 Å². The molecule has 0 radical (unpaired) electrons. The SMILES string of the molecule is NC1=CCC(N)(c2ccccc2)C=C1.c1ccccc1. The number of nitrogens with two attached hydrogens (primary N) is 2. The summed E-state index contributed by atoms with van der Waals surface area (Å²) in [7, 11) is 0. The first-order valence-electron chi connectivity index (χ1n) is 6.70. The Morgan fingerprint density at radius 1 is 0.800 bits per heavy atom. The zero-order valence-corrected chi connectivity index (χ0v) is 11.4. The first-order chi connectivity index (χ1) is 9.71. The van der Waals surface area contributed by atoms with Gasteiger partial charge in [0.15, 0.2) is 0 Å². The van der Waals surface area contributed by atoms with E-state index in [9.17, 15) is 0 Å². The molecule has 2 heteroatoms. The molecule has 0 spiro atoms. The van der Waals surface area contributed by atoms with Gasteiger partial charge in [-0.3, -0.25) is 0 Å². The van der Waals surface area contributed by atoms with E-state index < -0.39 is 0 Å². The van der Waals surface area contributed by atoms with Crippen LogP contribution in [-0.2, 0) is 5.54 Å². The summed E-state index contributed by atoms with van der Waals surface area (Å²) in [5, 5.41) is 0. The van der Waals surface area contributed by atoms with E-state index in [-0.39, 0.29) is 5.54 Å². The van der Waals surface area contributed by atoms with Crippen molar-refractivity contribution in [2.45, 2.75) is 12.0 Å². The summed E-state index contributed by atoms with van der Waals surface area (Å²) in [4.78, 5) is 0. The van der Waals surface area contributed by atoms with E-state index >= 15 is 0 Å². The standard InChI is InChI=1S/C12H14N2.C6H6/c13-11-6-8-12(14,9-7-11)10-4-2-1-3-5-10;1-2-4-6-5-3-1/h1-8H,9,13-14H2;1-6H. The third-order valence-corrected chi connectivity index (χ3v) is 3.23. The minimum atomic E-state index is -0.385. The quantitative estimate of drug-likeness (QED) is 0.830. The predicted molar refractivity (Wildman–Crippen MR) is 84.8 cm³/mol. The van der Waals surface area contributed by atoms with Crippen molar-refractivity contribution in [3.05, 3.63) is 96.2 Å². The first-order valence-corrected chi connectivity index (χ1v) is 6.70. The molecule has 1 aliphatic carbocycles. The van der Waals surface area contributed by atoms with Gasteiger partial charge in [0.1, 0.15) is 0 Å². The molecule has 1 atom stereocenters. The third-order valence-electron chi connectivity index (χ3n) is 3.23. The van der Waals surface area contributed by atoms with Crippen LogP contribution in [0.2, 0.25) is 0 Å². The molecule has 0 aromatic heterocycles. The summed E-state index contributed by atoms with van der Waals surface area (Å²) >= 11 is 0. The Kier molecular flexibility index (Phi) is 4.75. The lowest BCUT2D eigenvalue weighted by atomic mass is 9.84. The van der Waals surface area contributed by atoms with Crippen LogP contribution in [0.1, 0.15) is 12.0 Å². The minimum absolute atomic E-state index is 0.385. The fourth-order valence-corrected chi connectivity index (χ4v) is 2.02. The topological polar surface area (TPSA) is 52.0 Å². The van der Waals surface area contributed by atoms with Crippen LogP contribution in [0.4, 0.5) is 0 Å². The van der Waals surface area contributed by atoms with Gasteiger partial charge >= 0.3 is 0 Å². The fraction of sp³-hybridized carbons (Fsp3) is 0.111. The van der Waals surface area contributed by atoms with Crippen molar-refractivity contribution in [1.29, 1.82) is 0 Å². The Balaban J connectivity index is 0.000000205. The molecule has 2 aromatic rings. The lowest BCUT2D eigenvalue weighted by Gasteiger charge is -2.27. The third kappa shape index (κ3) is 3.84. The van der Waals surface area contributed by atoms with Crippen LogP contribution < -0.4 is 11.5 Å². The van der Waals surface area contributed by atoms with Gasteiger partial charge in [-0.15, -0.1) is 0 Å². The summed E-state index contributed by atoms with van der Waals surface area (Å²) in [6.45, 7) is 0. The second-order valence-corrected chi connectivity index (χ2v) is 4.80. The average Bonchev–Trinajstić information content (AvgIpc) is 2.54. The van der Waals surface area contributed by atoms with Crippen LogP contribution in [-0.4, -0.2) is 0 Å². The summed E-state index contributed by atoms with van der Waals surface area (Å²) in [6, 6.07) is 22.1. The van der Waals surface area contributed by atoms with E-state index in [4.69, 9.17) is 11.5 Å². The van der Waals surface area contributed by atoms with Gasteiger partial charge in [0, 0.05) is 5.70 Å². The van der Waals surface area contributed by atoms with Gasteiger partial charge in [-0.1, -0.05) is 78.9 Å². The zero-order valence-electron chi connectivity index (χ0n) is 11.4. The van der Waals surface area contributed by atoms with E-state index in [1.807, 2.05) is 85.0 Å². The molecule has 3 rings (SSSR count). The zero-order chi connectivity index (χ0) is 14.3. The lowest BCUT2D eigenvalue weighted by Crippen LogP contribution is -2.35. The number of hydrogen-bond donors (Lipinski definition) is 2. The molecule has 0 heterocycles. The molecule has 1 unspecified atom stereocenters. The Morgan fingerprint density at radius 2 is 1.30 bits per heavy atom. The molecule has 0 amide bonds. The average molecular weight is 264 g/mol. The number of rotatable bonds is 1. The maximum Gasteiger partial charge on any atom is 0.0634 e. The predicted octanol–water partition coefficient (Wildman–Crippen LogP) is 3.33. The van der Waals surface area contributed by atoms with Gasteiger partial charge in [0.25, 0.3) is 0 Å². The van der Waals surface area contributed by atoms with Gasteiger partial charge in [-0.2, -0.15) is 0 Å². The molecule has 102 valence electrons. The molecule has 4 N–H and O–H groups in total. The van der Waals surface area contributed by atoms with E-state index in [1.54, 1.807) is 0 Å². The molecule has 1 aliphatic rings. The van der Waals surface area contributed by atoms with Crippen LogP contribution in [0.5, 0.6) is 0 Å². The van der Waals surface area contributed by atoms with E-state index in [0.717, 1.165) is 17.7 Å². The molecule has 0 fully saturated rings. The molecule has 2 aromatic carbocycles. The summed E-state index contributed by atoms with van der Waals surface area (Å²) < 4.78 is 0. The van der Waals surface area contributed by atoms with Gasteiger partial charge in [0.05, 0.1) is 5.54 Å². The molecule has 0 aliphatic heterocycles. The Hall–Kier alpha value is -2.32. The molecule has 20 heavy (non-hydrogen) atoms. The van der Waals surface area contributed by atoms with Crippen molar-refractivity contribution in [3.8, 4) is 0 Å². The normalized spacial score (nSPS) is 20.6. The Labute approximate surface area is 120 Å². The van der Waals surface area contributed by atoms with Crippen molar-refractivity contribution in [3.63, 3.8) is 0 Å². The highest BCUT2D eigenvalue weighted by atomic mass is 14.7. The van der Waals surface area contributed by atoms with Gasteiger partial charge in [-0.25, -0.2) is 0 Å². The van der Waals surface area contributed by atoms with Crippen LogP contribution in [0.25, 0.3) is 0 Å². The van der Waals surface area contributed by atoms with Gasteiger partial charge in [-0.05, 0) is 18.1 Å². The smallest absolute Gasteiger partial charge is 0.0634 e. The lowest BCUT2D eigenvalue weighted by molar-refractivity contribution is 0.562. The minimum Gasteiger partial charge on any atom is -0.399 e. The highest BCUT2D eigenvalue weighted by Crippen LogP contribution is 2.27. The van der Waals surface area contributed by atoms with Crippen molar-refractivity contribution < 1.29 is 0 Å². The first kappa shape index (κ1) is 14.1. The van der Waals surface area contributed by atoms with Crippen LogP contribution in [0, 0.1) is 0 Å². The van der Waals surface area contributed by atoms with Crippen molar-refractivity contribution in [2.75, 3.05) is 0 Å². The molecule has 0 saturated heterocycles. The summed E-state index contributed by atoms with van der Waals surface area (Å²) in [5.74, 6) is 0. The Bertz CT molecular complexity index is 546. The highest BCUT2D eigenvalue weighted by molar-refractivity contribution is 5.36. The van der Waals surface area contributed by atoms with Crippen molar-refractivity contribution in [2.24, 2.45) is 11.5 Å². The largest absolute Gasteiger partial charge is 0.399 e. The van der Waals surface area contributed by atoms with E-state index in [0.29, 0.717) is 0 Å². The number of benzene rings is 2. The maximum absolute atomic E-state index is 6.26. The summed E-state index contributed by atoms with van der Waals surface area (Å²) in [5.41, 5.74) is 13.4. The second kappa shape index (κ2) is 6.73. The highest BCUT2D eigenvalue weighted by Gasteiger charge is 2.24. The second-order valence-electron chi connectivity index (χ2n) is 4.80. The molecule has 0 saturated carbocycles. The molecule has 0 bridgehead atoms. The van der Waals surface area contributed by atoms with Crippen molar-refractivity contribution >= 4 is 0 Å². The molecular weight excluding hydrogens is 244 g/mol. The molecular formula is C18H20N2. The Morgan fingerprint density at radius 3 is 1.75 bits per heavy atom. The van der Waals surface area contributed by atoms with Crippen LogP contribution in [0.15, 0.2) is 90.7 Å². The monoisotopic (exact) mass is 264 g/mol. The number of allylic oxidation sites excluding steroid dienone is 1. The van der Waals surface area contributed by atoms with Crippen molar-refractivity contribution in [1.82, 2.24) is 0 Å². The fourth-order valence-electron chi connectivity index (χ4n) is 2.02.